The Balaban J connectivity index is 1.13. The average molecular weight is 1210 g/mol. The molecule has 1 aliphatic carbocycles. The number of rotatable bonds is 13. The number of nitrogens with two attached hydrogens (primary N) is 1. The summed E-state index contributed by atoms with van der Waals surface area (Å²) in [5.74, 6) is -6.81. The van der Waals surface area contributed by atoms with Crippen molar-refractivity contribution in [3.05, 3.63) is 65.6 Å². The standard InChI is InChI=1S/C64H99N7O15/c1-10-83-31-25-55(72)69-27-29-70(30-28-69)62-66-37-47(38-67-62)39-68-63(79)85-52-24-21-46(35-54(52)82-9)34-49(65)51-23-19-41(3)33-44(6)57(74)58(75)56(73)43(5)32-40(2)16-12-11-13-17-42(4)53(81-8)36-48-22-20-45(7)64(80,86-48)59(76)60(77)71-26-15-14-18-50(71)61(78)84-51/h11-13,16-17,33,37-38,40-41,43,45-46,48-54,57-58,74-75,80H,10,14-15,18-32,34-36,39,65H2,1-9H3,(H,68,79)/b13-11+,16-12+,42-17+,44-33+/t40-,41+,43-,45-,46+,48+,49-,50+,51+,52-,53+,54-,57-,58+,64-/m1/s1. The van der Waals surface area contributed by atoms with Crippen molar-refractivity contribution < 1.29 is 72.5 Å². The molecule has 86 heavy (non-hydrogen) atoms. The second kappa shape index (κ2) is 33.8. The van der Waals surface area contributed by atoms with Crippen LogP contribution in [0.1, 0.15) is 144 Å². The molecule has 4 aliphatic heterocycles. The molecule has 0 radical (unpaired) electrons. The number of ketones is 2. The number of esters is 1. The summed E-state index contributed by atoms with van der Waals surface area (Å²) in [5.41, 5.74) is 9.02. The normalized spacial score (nSPS) is 34.3. The minimum atomic E-state index is -2.45. The van der Waals surface area contributed by atoms with Crippen molar-refractivity contribution in [2.45, 2.75) is 206 Å². The Kier molecular flexibility index (Phi) is 27.3. The Hall–Kier alpha value is -5.46. The first-order valence-corrected chi connectivity index (χ1v) is 31.3. The molecule has 4 fully saturated rings. The Labute approximate surface area is 508 Å². The van der Waals surface area contributed by atoms with Crippen molar-refractivity contribution in [1.82, 2.24) is 25.1 Å². The fraction of sp³-hybridized carbons (Fsp3) is 0.719. The van der Waals surface area contributed by atoms with E-state index in [9.17, 15) is 44.1 Å². The molecule has 1 saturated carbocycles. The molecule has 0 aromatic carbocycles. The lowest BCUT2D eigenvalue weighted by Gasteiger charge is -2.42. The zero-order valence-corrected chi connectivity index (χ0v) is 52.3. The summed E-state index contributed by atoms with van der Waals surface area (Å²) in [6, 6.07) is -1.87. The van der Waals surface area contributed by atoms with Gasteiger partial charge in [-0.1, -0.05) is 64.2 Å². The van der Waals surface area contributed by atoms with E-state index in [2.05, 4.69) is 15.3 Å². The predicted octanol–water partition coefficient (Wildman–Crippen LogP) is 5.84. The highest BCUT2D eigenvalue weighted by molar-refractivity contribution is 6.39. The van der Waals surface area contributed by atoms with Crippen LogP contribution in [0.25, 0.3) is 0 Å². The van der Waals surface area contributed by atoms with Crippen LogP contribution in [-0.2, 0) is 58.9 Å². The summed E-state index contributed by atoms with van der Waals surface area (Å²) < 4.78 is 35.6. The van der Waals surface area contributed by atoms with Crippen LogP contribution in [0.2, 0.25) is 0 Å². The molecule has 3 saturated heterocycles. The van der Waals surface area contributed by atoms with Gasteiger partial charge in [0.25, 0.3) is 11.7 Å². The number of alkyl carbamates (subject to hydrolysis) is 1. The summed E-state index contributed by atoms with van der Waals surface area (Å²) in [6.07, 6.45) is 13.7. The maximum Gasteiger partial charge on any atom is 0.407 e. The quantitative estimate of drug-likeness (QED) is 0.0671. The number of carbonyl (C=O) groups excluding carboxylic acids is 6. The molecule has 6 rings (SSSR count). The number of aliphatic hydroxyl groups excluding tert-OH is 2. The summed E-state index contributed by atoms with van der Waals surface area (Å²) in [7, 11) is 3.13. The lowest BCUT2D eigenvalue weighted by atomic mass is 9.80. The minimum Gasteiger partial charge on any atom is -0.459 e. The van der Waals surface area contributed by atoms with Gasteiger partial charge in [0.05, 0.1) is 31.3 Å². The number of hydrogen-bond donors (Lipinski definition) is 5. The topological polar surface area (TPSA) is 292 Å². The molecule has 0 unspecified atom stereocenters. The van der Waals surface area contributed by atoms with Crippen LogP contribution in [0.4, 0.5) is 10.7 Å². The number of aromatic nitrogens is 2. The van der Waals surface area contributed by atoms with Gasteiger partial charge in [-0.05, 0) is 127 Å². The number of aliphatic hydroxyl groups is 3. The van der Waals surface area contributed by atoms with Crippen LogP contribution >= 0.6 is 0 Å². The Bertz CT molecular complexity index is 2520. The third kappa shape index (κ3) is 19.5. The van der Waals surface area contributed by atoms with Crippen molar-refractivity contribution in [3.63, 3.8) is 0 Å². The number of anilines is 1. The largest absolute Gasteiger partial charge is 0.459 e. The van der Waals surface area contributed by atoms with E-state index < -0.39 is 102 Å². The molecule has 3 amide bonds. The molecule has 1 aromatic heterocycles. The van der Waals surface area contributed by atoms with Crippen LogP contribution in [0.3, 0.4) is 0 Å². The maximum atomic E-state index is 14.6. The number of cyclic esters (lactones) is 1. The molecule has 0 spiro atoms. The lowest BCUT2D eigenvalue weighted by Crippen LogP contribution is -2.61. The van der Waals surface area contributed by atoms with Gasteiger partial charge in [0, 0.05) is 102 Å². The third-order valence-electron chi connectivity index (χ3n) is 18.0. The van der Waals surface area contributed by atoms with Crippen molar-refractivity contribution >= 4 is 41.4 Å². The Morgan fingerprint density at radius 1 is 0.826 bits per heavy atom. The van der Waals surface area contributed by atoms with Gasteiger partial charge in [-0.2, -0.15) is 0 Å². The first-order chi connectivity index (χ1) is 41.1. The molecular formula is C64H99N7O15. The van der Waals surface area contributed by atoms with Crippen LogP contribution in [-0.4, -0.2) is 191 Å². The first-order valence-electron chi connectivity index (χ1n) is 31.3. The number of Topliss-reactive ketones (excluding diaryl/α,β-unsaturated/α-hetero) is 2. The molecule has 2 bridgehead atoms. The highest BCUT2D eigenvalue weighted by atomic mass is 16.6. The summed E-state index contributed by atoms with van der Waals surface area (Å²) in [6.45, 7) is 16.3. The molecule has 22 heteroatoms. The minimum absolute atomic E-state index is 0.0280. The summed E-state index contributed by atoms with van der Waals surface area (Å²) in [4.78, 5) is 96.7. The van der Waals surface area contributed by atoms with E-state index in [4.69, 9.17) is 34.2 Å². The van der Waals surface area contributed by atoms with Crippen LogP contribution < -0.4 is 16.0 Å². The van der Waals surface area contributed by atoms with E-state index >= 15 is 0 Å². The summed E-state index contributed by atoms with van der Waals surface area (Å²) in [5, 5.41) is 37.3. The highest BCUT2D eigenvalue weighted by Gasteiger charge is 2.53. The molecule has 22 nitrogen and oxygen atoms in total. The molecule has 5 aliphatic rings. The zero-order chi connectivity index (χ0) is 62.7. The van der Waals surface area contributed by atoms with Gasteiger partial charge >= 0.3 is 12.1 Å². The number of hydrogen-bond acceptors (Lipinski definition) is 19. The monoisotopic (exact) mass is 1210 g/mol. The van der Waals surface area contributed by atoms with E-state index in [1.807, 2.05) is 67.9 Å². The van der Waals surface area contributed by atoms with Crippen molar-refractivity contribution in [2.24, 2.45) is 35.3 Å². The van der Waals surface area contributed by atoms with Gasteiger partial charge in [-0.25, -0.2) is 19.6 Å². The second-order valence-electron chi connectivity index (χ2n) is 24.6. The maximum absolute atomic E-state index is 14.6. The highest BCUT2D eigenvalue weighted by Crippen LogP contribution is 2.38. The van der Waals surface area contributed by atoms with Gasteiger partial charge in [-0.3, -0.25) is 19.2 Å². The van der Waals surface area contributed by atoms with Crippen molar-refractivity contribution in [2.75, 3.05) is 65.1 Å². The van der Waals surface area contributed by atoms with Crippen molar-refractivity contribution in [3.8, 4) is 0 Å². The van der Waals surface area contributed by atoms with Crippen LogP contribution in [0.5, 0.6) is 0 Å². The van der Waals surface area contributed by atoms with Gasteiger partial charge in [0.1, 0.15) is 30.5 Å². The van der Waals surface area contributed by atoms with Crippen LogP contribution in [0.15, 0.2) is 60.0 Å². The molecular weight excluding hydrogens is 1110 g/mol. The lowest BCUT2D eigenvalue weighted by molar-refractivity contribution is -0.265. The van der Waals surface area contributed by atoms with Gasteiger partial charge in [0.2, 0.25) is 17.6 Å². The number of fused-ring (bicyclic) bond motifs is 3. The number of nitrogens with one attached hydrogen (secondary N) is 1. The number of ether oxygens (including phenoxy) is 6. The SMILES string of the molecule is CCOCCC(=O)N1CCN(c2ncc(CNC(=O)O[C@@H]3CC[C@@H](C[C@@H](N)[C@@H]4CC[C@H](C)/C=C(\C)[C@@H](O)[C@@H](O)C(=O)[C@H](C)C[C@H](C)/C=C/C=C/C=C(\C)[C@@H](OC)C[C@@H]5CC[C@@H](C)[C@@](O)(O5)C(=O)C(=O)N5CCCC[C@H]5C(=O)O4)C[C@H]3OC)cn2)CC1. The smallest absolute Gasteiger partial charge is 0.407 e. The molecule has 1 aromatic rings. The van der Waals surface area contributed by atoms with E-state index in [1.165, 1.54) is 4.90 Å². The summed E-state index contributed by atoms with van der Waals surface area (Å²) >= 11 is 0. The van der Waals surface area contributed by atoms with Gasteiger partial charge < -0.3 is 69.5 Å². The van der Waals surface area contributed by atoms with E-state index in [0.717, 1.165) is 5.57 Å². The number of methoxy groups -OCH3 is 2. The van der Waals surface area contributed by atoms with Crippen LogP contribution in [0, 0.1) is 29.6 Å². The molecule has 480 valence electrons. The van der Waals surface area contributed by atoms with Crippen molar-refractivity contribution in [1.29, 1.82) is 0 Å². The van der Waals surface area contributed by atoms with E-state index in [0.29, 0.717) is 134 Å². The molecule has 5 heterocycles. The number of amides is 3. The van der Waals surface area contributed by atoms with Gasteiger partial charge in [-0.15, -0.1) is 0 Å². The number of piperidine rings is 1. The number of piperazine rings is 1. The number of allylic oxidation sites excluding steroid dienone is 6. The predicted molar refractivity (Wildman–Crippen MR) is 322 cm³/mol. The number of carbonyl (C=O) groups is 6. The first kappa shape index (κ1) is 69.6. The Morgan fingerprint density at radius 3 is 2.26 bits per heavy atom. The van der Waals surface area contributed by atoms with E-state index in [-0.39, 0.29) is 49.6 Å². The molecule has 15 atom stereocenters. The fourth-order valence-electron chi connectivity index (χ4n) is 12.5. The second-order valence-corrected chi connectivity index (χ2v) is 24.6. The number of nitrogens with zero attached hydrogens (tertiary/aromatic N) is 5. The molecule has 6 N–H and O–H groups in total. The van der Waals surface area contributed by atoms with E-state index in [1.54, 1.807) is 53.5 Å². The zero-order valence-electron chi connectivity index (χ0n) is 52.3. The van der Waals surface area contributed by atoms with Gasteiger partial charge in [0.15, 0.2) is 5.78 Å². The third-order valence-corrected chi connectivity index (χ3v) is 18.0. The fourth-order valence-corrected chi connectivity index (χ4v) is 12.5. The Morgan fingerprint density at radius 2 is 1.56 bits per heavy atom. The average Bonchev–Trinajstić information content (AvgIpc) is 2.29.